The lowest BCUT2D eigenvalue weighted by Crippen LogP contribution is -2.21. The molecule has 0 aliphatic rings. The Morgan fingerprint density at radius 3 is 2.44 bits per heavy atom. The molecule has 0 radical (unpaired) electrons. The van der Waals surface area contributed by atoms with Gasteiger partial charge in [0.2, 0.25) is 0 Å². The molecule has 0 aliphatic heterocycles. The van der Waals surface area contributed by atoms with Crippen molar-refractivity contribution in [3.8, 4) is 6.07 Å². The zero-order chi connectivity index (χ0) is 19.9. The van der Waals surface area contributed by atoms with Gasteiger partial charge in [0.25, 0.3) is 5.91 Å². The molecule has 8 heteroatoms. The minimum absolute atomic E-state index is 0.171. The molecule has 0 unspecified atom stereocenters. The molecule has 2 aromatic carbocycles. The lowest BCUT2D eigenvalue weighted by Gasteiger charge is -2.08. The topological polar surface area (TPSA) is 113 Å². The lowest BCUT2D eigenvalue weighted by molar-refractivity contribution is -0.119. The van der Waals surface area contributed by atoms with Crippen LogP contribution < -0.4 is 5.32 Å². The summed E-state index contributed by atoms with van der Waals surface area (Å²) in [5.74, 6) is -1.41. The third kappa shape index (κ3) is 6.92. The number of rotatable bonds is 7. The summed E-state index contributed by atoms with van der Waals surface area (Å²) in [7, 11) is -3.22. The molecule has 0 spiro atoms. The monoisotopic (exact) mass is 386 g/mol. The average molecular weight is 386 g/mol. The van der Waals surface area contributed by atoms with Gasteiger partial charge in [-0.25, -0.2) is 13.2 Å². The standard InChI is InChI=1S/C19H18N2O5S/c1-27(24,25)13-15-3-2-4-16(11-15)19(23)26-12-18(22)21-17-7-5-14(6-8-17)9-10-20/h2-8,11H,9,12-13H2,1H3,(H,21,22). The maximum Gasteiger partial charge on any atom is 0.338 e. The number of hydrogen-bond acceptors (Lipinski definition) is 6. The van der Waals surface area contributed by atoms with Gasteiger partial charge in [0, 0.05) is 11.9 Å². The van der Waals surface area contributed by atoms with Crippen molar-refractivity contribution in [2.75, 3.05) is 18.2 Å². The quantitative estimate of drug-likeness (QED) is 0.729. The summed E-state index contributed by atoms with van der Waals surface area (Å²) in [6.45, 7) is -0.477. The molecule has 0 aliphatic carbocycles. The van der Waals surface area contributed by atoms with Crippen LogP contribution in [-0.2, 0) is 31.5 Å². The van der Waals surface area contributed by atoms with Crippen LogP contribution in [0.1, 0.15) is 21.5 Å². The van der Waals surface area contributed by atoms with Crippen molar-refractivity contribution in [2.24, 2.45) is 0 Å². The van der Waals surface area contributed by atoms with E-state index in [4.69, 9.17) is 10.00 Å². The highest BCUT2D eigenvalue weighted by atomic mass is 32.2. The van der Waals surface area contributed by atoms with E-state index in [1.54, 1.807) is 36.4 Å². The first-order valence-corrected chi connectivity index (χ1v) is 10.0. The second kappa shape index (κ2) is 8.96. The maximum absolute atomic E-state index is 12.1. The number of benzene rings is 2. The minimum Gasteiger partial charge on any atom is -0.452 e. The molecular formula is C19H18N2O5S. The summed E-state index contributed by atoms with van der Waals surface area (Å²) in [5.41, 5.74) is 1.99. The molecule has 0 aromatic heterocycles. The van der Waals surface area contributed by atoms with E-state index in [1.807, 2.05) is 6.07 Å². The van der Waals surface area contributed by atoms with Crippen molar-refractivity contribution in [1.82, 2.24) is 0 Å². The van der Waals surface area contributed by atoms with E-state index in [9.17, 15) is 18.0 Å². The molecule has 140 valence electrons. The fourth-order valence-electron chi connectivity index (χ4n) is 2.30. The van der Waals surface area contributed by atoms with Gasteiger partial charge in [0.05, 0.1) is 23.8 Å². The lowest BCUT2D eigenvalue weighted by atomic mass is 10.1. The maximum atomic E-state index is 12.1. The van der Waals surface area contributed by atoms with Gasteiger partial charge < -0.3 is 10.1 Å². The van der Waals surface area contributed by atoms with Crippen molar-refractivity contribution in [2.45, 2.75) is 12.2 Å². The molecular weight excluding hydrogens is 368 g/mol. The highest BCUT2D eigenvalue weighted by molar-refractivity contribution is 7.89. The van der Waals surface area contributed by atoms with E-state index in [-0.39, 0.29) is 17.7 Å². The Kier molecular flexibility index (Phi) is 6.68. The van der Waals surface area contributed by atoms with Crippen LogP contribution in [0.4, 0.5) is 5.69 Å². The summed E-state index contributed by atoms with van der Waals surface area (Å²) in [5, 5.41) is 11.2. The number of ether oxygens (including phenoxy) is 1. The summed E-state index contributed by atoms with van der Waals surface area (Å²) in [6, 6.07) is 14.8. The van der Waals surface area contributed by atoms with Crippen LogP contribution in [0.5, 0.6) is 0 Å². The van der Waals surface area contributed by atoms with Gasteiger partial charge in [-0.15, -0.1) is 0 Å². The molecule has 0 atom stereocenters. The van der Waals surface area contributed by atoms with Crippen LogP contribution in [0.15, 0.2) is 48.5 Å². The van der Waals surface area contributed by atoms with E-state index in [0.29, 0.717) is 11.3 Å². The summed E-state index contributed by atoms with van der Waals surface area (Å²) in [4.78, 5) is 23.9. The summed E-state index contributed by atoms with van der Waals surface area (Å²) in [6.07, 6.45) is 1.39. The molecule has 2 aromatic rings. The number of amides is 1. The first kappa shape index (κ1) is 20.1. The number of hydrogen-bond donors (Lipinski definition) is 1. The second-order valence-electron chi connectivity index (χ2n) is 5.93. The van der Waals surface area contributed by atoms with Gasteiger partial charge in [-0.1, -0.05) is 24.3 Å². The van der Waals surface area contributed by atoms with Gasteiger partial charge in [-0.2, -0.15) is 5.26 Å². The number of anilines is 1. The number of nitriles is 1. The van der Waals surface area contributed by atoms with Crippen LogP contribution in [0.3, 0.4) is 0 Å². The fraction of sp³-hybridized carbons (Fsp3) is 0.211. The molecule has 2 rings (SSSR count). The first-order valence-electron chi connectivity index (χ1n) is 7.96. The van der Waals surface area contributed by atoms with Crippen LogP contribution >= 0.6 is 0 Å². The Balaban J connectivity index is 1.90. The Morgan fingerprint density at radius 1 is 1.11 bits per heavy atom. The molecule has 0 heterocycles. The number of carbonyl (C=O) groups excluding carboxylic acids is 2. The SMILES string of the molecule is CS(=O)(=O)Cc1cccc(C(=O)OCC(=O)Nc2ccc(CC#N)cc2)c1. The Bertz CT molecular complexity index is 976. The number of nitrogens with one attached hydrogen (secondary N) is 1. The average Bonchev–Trinajstić information content (AvgIpc) is 2.60. The van der Waals surface area contributed by atoms with Crippen molar-refractivity contribution in [3.05, 3.63) is 65.2 Å². The number of sulfone groups is 1. The molecule has 1 N–H and O–H groups in total. The van der Waals surface area contributed by atoms with Crippen LogP contribution in [0.2, 0.25) is 0 Å². The van der Waals surface area contributed by atoms with Crippen LogP contribution in [0, 0.1) is 11.3 Å². The predicted octanol–water partition coefficient (Wildman–Crippen LogP) is 2.09. The van der Waals surface area contributed by atoms with Gasteiger partial charge >= 0.3 is 5.97 Å². The summed E-state index contributed by atoms with van der Waals surface area (Å²) >= 11 is 0. The third-order valence-corrected chi connectivity index (χ3v) is 4.30. The van der Waals surface area contributed by atoms with E-state index in [1.165, 1.54) is 12.1 Å². The first-order chi connectivity index (χ1) is 12.8. The summed E-state index contributed by atoms with van der Waals surface area (Å²) < 4.78 is 27.7. The Morgan fingerprint density at radius 2 is 1.81 bits per heavy atom. The normalized spacial score (nSPS) is 10.7. The largest absolute Gasteiger partial charge is 0.452 e. The van der Waals surface area contributed by atoms with E-state index >= 15 is 0 Å². The highest BCUT2D eigenvalue weighted by Gasteiger charge is 2.12. The predicted molar refractivity (Wildman–Crippen MR) is 99.7 cm³/mol. The van der Waals surface area contributed by atoms with Crippen molar-refractivity contribution >= 4 is 27.4 Å². The molecule has 1 amide bonds. The number of carbonyl (C=O) groups is 2. The number of esters is 1. The number of nitrogens with zero attached hydrogens (tertiary/aromatic N) is 1. The zero-order valence-corrected chi connectivity index (χ0v) is 15.5. The van der Waals surface area contributed by atoms with E-state index in [0.717, 1.165) is 11.8 Å². The molecule has 0 bridgehead atoms. The highest BCUT2D eigenvalue weighted by Crippen LogP contribution is 2.11. The molecule has 0 fully saturated rings. The van der Waals surface area contributed by atoms with Crippen molar-refractivity contribution < 1.29 is 22.7 Å². The Hall–Kier alpha value is -3.18. The van der Waals surface area contributed by atoms with E-state index < -0.39 is 28.3 Å². The fourth-order valence-corrected chi connectivity index (χ4v) is 3.08. The van der Waals surface area contributed by atoms with Crippen molar-refractivity contribution in [1.29, 1.82) is 5.26 Å². The molecule has 0 saturated heterocycles. The third-order valence-electron chi connectivity index (χ3n) is 3.45. The molecule has 7 nitrogen and oxygen atoms in total. The van der Waals surface area contributed by atoms with Gasteiger partial charge in [0.15, 0.2) is 16.4 Å². The van der Waals surface area contributed by atoms with E-state index in [2.05, 4.69) is 5.32 Å². The smallest absolute Gasteiger partial charge is 0.338 e. The minimum atomic E-state index is -3.22. The van der Waals surface area contributed by atoms with Gasteiger partial charge in [0.1, 0.15) is 0 Å². The van der Waals surface area contributed by atoms with Crippen LogP contribution in [0.25, 0.3) is 0 Å². The molecule has 0 saturated carbocycles. The van der Waals surface area contributed by atoms with Crippen LogP contribution in [-0.4, -0.2) is 33.2 Å². The zero-order valence-electron chi connectivity index (χ0n) is 14.6. The second-order valence-corrected chi connectivity index (χ2v) is 8.07. The molecule has 27 heavy (non-hydrogen) atoms. The van der Waals surface area contributed by atoms with Gasteiger partial charge in [-0.3, -0.25) is 4.79 Å². The van der Waals surface area contributed by atoms with Gasteiger partial charge in [-0.05, 0) is 35.4 Å². The van der Waals surface area contributed by atoms with Crippen molar-refractivity contribution in [3.63, 3.8) is 0 Å². The Labute approximate surface area is 157 Å².